The molecule has 4 N–H and O–H groups in total. The van der Waals surface area contributed by atoms with Crippen molar-refractivity contribution in [3.63, 3.8) is 0 Å². The third-order valence-corrected chi connectivity index (χ3v) is 2.67. The quantitative estimate of drug-likeness (QED) is 0.702. The molecule has 0 aliphatic carbocycles. The molecule has 0 radical (unpaired) electrons. The van der Waals surface area contributed by atoms with E-state index < -0.39 is 6.10 Å². The Labute approximate surface area is 99.5 Å². The van der Waals surface area contributed by atoms with Crippen LogP contribution >= 0.6 is 0 Å². The fraction of sp³-hybridized carbons (Fsp3) is 0.455. The van der Waals surface area contributed by atoms with Gasteiger partial charge in [-0.2, -0.15) is 4.98 Å². The van der Waals surface area contributed by atoms with E-state index in [1.54, 1.807) is 11.4 Å². The number of nitrogens with one attached hydrogen (secondary N) is 1. The summed E-state index contributed by atoms with van der Waals surface area (Å²) in [6, 6.07) is 3.57. The average molecular weight is 235 g/mol. The zero-order chi connectivity index (χ0) is 12.4. The number of hydrogen-bond acceptors (Lipinski definition) is 5. The number of rotatable bonds is 4. The van der Waals surface area contributed by atoms with Gasteiger partial charge >= 0.3 is 0 Å². The molecular weight excluding hydrogens is 218 g/mol. The molecule has 2 atom stereocenters. The molecule has 6 heteroatoms. The van der Waals surface area contributed by atoms with E-state index in [9.17, 15) is 5.11 Å². The smallest absolute Gasteiger partial charge is 0.243 e. The molecule has 92 valence electrons. The summed E-state index contributed by atoms with van der Waals surface area (Å²) in [7, 11) is 0. The molecule has 0 saturated carbocycles. The SMILES string of the molecule is Cc1cccn2nc(NCC(N)C(C)O)nc12. The van der Waals surface area contributed by atoms with Crippen molar-refractivity contribution in [2.24, 2.45) is 5.73 Å². The van der Waals surface area contributed by atoms with Gasteiger partial charge in [-0.1, -0.05) is 6.07 Å². The van der Waals surface area contributed by atoms with Crippen molar-refractivity contribution < 1.29 is 5.11 Å². The van der Waals surface area contributed by atoms with Gasteiger partial charge in [0.15, 0.2) is 5.65 Å². The Bertz CT molecular complexity index is 508. The number of aliphatic hydroxyl groups is 1. The van der Waals surface area contributed by atoms with Gasteiger partial charge in [-0.15, -0.1) is 5.10 Å². The Morgan fingerprint density at radius 2 is 2.35 bits per heavy atom. The Kier molecular flexibility index (Phi) is 3.26. The monoisotopic (exact) mass is 235 g/mol. The van der Waals surface area contributed by atoms with Gasteiger partial charge in [-0.25, -0.2) is 4.52 Å². The van der Waals surface area contributed by atoms with E-state index >= 15 is 0 Å². The number of hydrogen-bond donors (Lipinski definition) is 3. The minimum absolute atomic E-state index is 0.331. The second-order valence-corrected chi connectivity index (χ2v) is 4.18. The van der Waals surface area contributed by atoms with Gasteiger partial charge in [-0.3, -0.25) is 0 Å². The topological polar surface area (TPSA) is 88.5 Å². The largest absolute Gasteiger partial charge is 0.392 e. The molecule has 0 amide bonds. The molecule has 2 aromatic heterocycles. The van der Waals surface area contributed by atoms with Crippen molar-refractivity contribution in [3.8, 4) is 0 Å². The van der Waals surface area contributed by atoms with E-state index in [1.807, 2.05) is 25.3 Å². The molecule has 0 aliphatic heterocycles. The number of aryl methyl sites for hydroxylation is 1. The van der Waals surface area contributed by atoms with Gasteiger partial charge in [0.2, 0.25) is 5.95 Å². The molecule has 0 spiro atoms. The van der Waals surface area contributed by atoms with E-state index in [0.717, 1.165) is 11.2 Å². The zero-order valence-corrected chi connectivity index (χ0v) is 9.96. The van der Waals surface area contributed by atoms with Gasteiger partial charge < -0.3 is 16.2 Å². The van der Waals surface area contributed by atoms with Crippen LogP contribution in [0.5, 0.6) is 0 Å². The highest BCUT2D eigenvalue weighted by atomic mass is 16.3. The fourth-order valence-corrected chi connectivity index (χ4v) is 1.49. The van der Waals surface area contributed by atoms with Gasteiger partial charge in [0, 0.05) is 18.8 Å². The van der Waals surface area contributed by atoms with E-state index in [2.05, 4.69) is 15.4 Å². The van der Waals surface area contributed by atoms with Crippen molar-refractivity contribution in [1.82, 2.24) is 14.6 Å². The van der Waals surface area contributed by atoms with E-state index in [0.29, 0.717) is 12.5 Å². The average Bonchev–Trinajstić information content (AvgIpc) is 2.70. The predicted molar refractivity (Wildman–Crippen MR) is 65.9 cm³/mol. The third-order valence-electron chi connectivity index (χ3n) is 2.67. The van der Waals surface area contributed by atoms with Crippen LogP contribution in [-0.2, 0) is 0 Å². The first-order chi connectivity index (χ1) is 8.08. The number of nitrogens with zero attached hydrogens (tertiary/aromatic N) is 3. The molecule has 0 bridgehead atoms. The molecule has 2 aromatic rings. The maximum atomic E-state index is 9.27. The summed E-state index contributed by atoms with van der Waals surface area (Å²) in [5, 5.41) is 16.5. The summed E-state index contributed by atoms with van der Waals surface area (Å²) in [4.78, 5) is 4.35. The number of aliphatic hydroxyl groups excluding tert-OH is 1. The normalized spacial score (nSPS) is 14.8. The summed E-state index contributed by atoms with van der Waals surface area (Å²) >= 11 is 0. The zero-order valence-electron chi connectivity index (χ0n) is 9.96. The fourth-order valence-electron chi connectivity index (χ4n) is 1.49. The maximum absolute atomic E-state index is 9.27. The van der Waals surface area contributed by atoms with Gasteiger partial charge in [0.25, 0.3) is 0 Å². The van der Waals surface area contributed by atoms with Crippen LogP contribution in [0.25, 0.3) is 5.65 Å². The highest BCUT2D eigenvalue weighted by Crippen LogP contribution is 2.09. The summed E-state index contributed by atoms with van der Waals surface area (Å²) in [5.41, 5.74) is 7.60. The van der Waals surface area contributed by atoms with Crippen LogP contribution in [0.3, 0.4) is 0 Å². The minimum atomic E-state index is -0.554. The van der Waals surface area contributed by atoms with Crippen LogP contribution in [0.2, 0.25) is 0 Å². The van der Waals surface area contributed by atoms with Crippen molar-refractivity contribution in [1.29, 1.82) is 0 Å². The molecule has 0 aliphatic rings. The molecule has 2 unspecified atom stereocenters. The number of anilines is 1. The Morgan fingerprint density at radius 1 is 1.59 bits per heavy atom. The molecule has 0 aromatic carbocycles. The lowest BCUT2D eigenvalue weighted by Gasteiger charge is -2.13. The standard InChI is InChI=1S/C11H17N5O/c1-7-4-3-5-16-10(7)14-11(15-16)13-6-9(12)8(2)17/h3-5,8-9,17H,6,12H2,1-2H3,(H,13,15). The lowest BCUT2D eigenvalue weighted by molar-refractivity contribution is 0.168. The van der Waals surface area contributed by atoms with Crippen LogP contribution in [0.15, 0.2) is 18.3 Å². The van der Waals surface area contributed by atoms with Crippen molar-refractivity contribution >= 4 is 11.6 Å². The molecular formula is C11H17N5O. The Morgan fingerprint density at radius 3 is 3.00 bits per heavy atom. The Hall–Kier alpha value is -1.66. The Balaban J connectivity index is 2.12. The first kappa shape index (κ1) is 11.8. The number of pyridine rings is 1. The van der Waals surface area contributed by atoms with Gasteiger partial charge in [-0.05, 0) is 25.5 Å². The molecule has 0 fully saturated rings. The van der Waals surface area contributed by atoms with Crippen LogP contribution in [-0.4, -0.2) is 38.4 Å². The second-order valence-electron chi connectivity index (χ2n) is 4.18. The van der Waals surface area contributed by atoms with E-state index in [-0.39, 0.29) is 6.04 Å². The summed E-state index contributed by atoms with van der Waals surface area (Å²) < 4.78 is 1.71. The summed E-state index contributed by atoms with van der Waals surface area (Å²) in [6.45, 7) is 4.08. The molecule has 17 heavy (non-hydrogen) atoms. The minimum Gasteiger partial charge on any atom is -0.392 e. The molecule has 0 saturated heterocycles. The summed E-state index contributed by atoms with van der Waals surface area (Å²) in [6.07, 6.45) is 1.29. The van der Waals surface area contributed by atoms with Crippen molar-refractivity contribution in [2.75, 3.05) is 11.9 Å². The first-order valence-corrected chi connectivity index (χ1v) is 5.57. The van der Waals surface area contributed by atoms with Gasteiger partial charge in [0.1, 0.15) is 0 Å². The van der Waals surface area contributed by atoms with Gasteiger partial charge in [0.05, 0.1) is 6.10 Å². The summed E-state index contributed by atoms with van der Waals surface area (Å²) in [5.74, 6) is 0.524. The lowest BCUT2D eigenvalue weighted by Crippen LogP contribution is -2.38. The first-order valence-electron chi connectivity index (χ1n) is 5.57. The van der Waals surface area contributed by atoms with Crippen LogP contribution in [0, 0.1) is 6.92 Å². The maximum Gasteiger partial charge on any atom is 0.243 e. The van der Waals surface area contributed by atoms with Crippen molar-refractivity contribution in [2.45, 2.75) is 26.0 Å². The predicted octanol–water partition coefficient (Wildman–Crippen LogP) is 0.158. The van der Waals surface area contributed by atoms with Crippen LogP contribution < -0.4 is 11.1 Å². The highest BCUT2D eigenvalue weighted by molar-refractivity contribution is 5.49. The van der Waals surface area contributed by atoms with Crippen LogP contribution in [0.1, 0.15) is 12.5 Å². The van der Waals surface area contributed by atoms with E-state index in [4.69, 9.17) is 5.73 Å². The number of fused-ring (bicyclic) bond motifs is 1. The molecule has 2 heterocycles. The van der Waals surface area contributed by atoms with E-state index in [1.165, 1.54) is 0 Å². The molecule has 2 rings (SSSR count). The van der Waals surface area contributed by atoms with Crippen LogP contribution in [0.4, 0.5) is 5.95 Å². The third kappa shape index (κ3) is 2.54. The molecule has 6 nitrogen and oxygen atoms in total. The number of nitrogens with two attached hydrogens (primary N) is 1. The lowest BCUT2D eigenvalue weighted by atomic mass is 10.2. The number of aromatic nitrogens is 3. The second kappa shape index (κ2) is 4.68. The van der Waals surface area contributed by atoms with Crippen molar-refractivity contribution in [3.05, 3.63) is 23.9 Å². The highest BCUT2D eigenvalue weighted by Gasteiger charge is 2.10.